The van der Waals surface area contributed by atoms with Gasteiger partial charge in [-0.15, -0.1) is 0 Å². The number of hydrogen-bond donors (Lipinski definition) is 2. The molecule has 1 aromatic rings. The van der Waals surface area contributed by atoms with Gasteiger partial charge in [0.2, 0.25) is 0 Å². The molecule has 1 aliphatic rings. The van der Waals surface area contributed by atoms with E-state index < -0.39 is 0 Å². The third kappa shape index (κ3) is 1.58. The van der Waals surface area contributed by atoms with Crippen molar-refractivity contribution in [3.63, 3.8) is 0 Å². The Bertz CT molecular complexity index is 345. The minimum atomic E-state index is 0.685. The predicted molar refractivity (Wildman–Crippen MR) is 51.9 cm³/mol. The van der Waals surface area contributed by atoms with E-state index in [2.05, 4.69) is 15.5 Å². The molecule has 13 heavy (non-hydrogen) atoms. The van der Waals surface area contributed by atoms with Crippen LogP contribution < -0.4 is 16.1 Å². The Morgan fingerprint density at radius 2 is 2.38 bits per heavy atom. The normalized spacial score (nSPS) is 14.3. The summed E-state index contributed by atoms with van der Waals surface area (Å²) in [4.78, 5) is 5.91. The van der Waals surface area contributed by atoms with E-state index in [0.29, 0.717) is 5.69 Å². The van der Waals surface area contributed by atoms with Crippen LogP contribution in [-0.2, 0) is 0 Å². The van der Waals surface area contributed by atoms with Gasteiger partial charge in [0.05, 0.1) is 0 Å². The maximum absolute atomic E-state index is 5.61. The van der Waals surface area contributed by atoms with E-state index >= 15 is 0 Å². The Hall–Kier alpha value is -2.04. The molecule has 0 radical (unpaired) electrons. The monoisotopic (exact) mass is 175 g/mol. The van der Waals surface area contributed by atoms with E-state index in [0.717, 1.165) is 5.82 Å². The quantitative estimate of drug-likeness (QED) is 0.651. The van der Waals surface area contributed by atoms with Gasteiger partial charge in [0.1, 0.15) is 12.2 Å². The molecule has 3 N–H and O–H groups in total. The molecule has 0 aromatic carbocycles. The van der Waals surface area contributed by atoms with Gasteiger partial charge >= 0.3 is 0 Å². The van der Waals surface area contributed by atoms with Crippen LogP contribution in [0.5, 0.6) is 0 Å². The molecular formula is C8H9N5. The Balaban J connectivity index is 2.29. The Kier molecular flexibility index (Phi) is 1.84. The van der Waals surface area contributed by atoms with E-state index in [1.807, 2.05) is 6.20 Å². The van der Waals surface area contributed by atoms with Crippen molar-refractivity contribution in [1.82, 2.24) is 10.4 Å². The average molecular weight is 175 g/mol. The van der Waals surface area contributed by atoms with Crippen molar-refractivity contribution < 1.29 is 0 Å². The number of nitrogens with zero attached hydrogens (tertiary/aromatic N) is 3. The third-order valence-electron chi connectivity index (χ3n) is 1.60. The maximum atomic E-state index is 5.61. The molecule has 0 saturated carbocycles. The lowest BCUT2D eigenvalue weighted by molar-refractivity contribution is 0.939. The number of nitrogens with two attached hydrogens (primary N) is 1. The zero-order valence-electron chi connectivity index (χ0n) is 6.88. The topological polar surface area (TPSA) is 66.5 Å². The maximum Gasteiger partial charge on any atom is 0.139 e. The molecule has 2 heterocycles. The molecule has 0 amide bonds. The van der Waals surface area contributed by atoms with Crippen molar-refractivity contribution in [1.29, 1.82) is 0 Å². The van der Waals surface area contributed by atoms with Crippen LogP contribution in [-0.4, -0.2) is 11.3 Å². The van der Waals surface area contributed by atoms with Crippen molar-refractivity contribution in [2.75, 3.05) is 10.6 Å². The van der Waals surface area contributed by atoms with Crippen LogP contribution >= 0.6 is 0 Å². The highest BCUT2D eigenvalue weighted by Crippen LogP contribution is 2.13. The second-order valence-corrected chi connectivity index (χ2v) is 2.54. The number of aromatic nitrogens is 1. The number of anilines is 2. The number of pyridine rings is 1. The van der Waals surface area contributed by atoms with Crippen LogP contribution in [0.2, 0.25) is 0 Å². The molecule has 1 aromatic heterocycles. The van der Waals surface area contributed by atoms with E-state index in [9.17, 15) is 0 Å². The first-order valence-electron chi connectivity index (χ1n) is 3.81. The molecule has 0 unspecified atom stereocenters. The number of hydrazone groups is 1. The van der Waals surface area contributed by atoms with Crippen molar-refractivity contribution in [3.8, 4) is 0 Å². The minimum Gasteiger partial charge on any atom is -0.399 e. The fourth-order valence-corrected chi connectivity index (χ4v) is 1.00. The first kappa shape index (κ1) is 7.60. The summed E-state index contributed by atoms with van der Waals surface area (Å²) in [6, 6.07) is 3.52. The summed E-state index contributed by atoms with van der Waals surface area (Å²) >= 11 is 0. The molecule has 0 aliphatic carbocycles. The smallest absolute Gasteiger partial charge is 0.139 e. The Morgan fingerprint density at radius 3 is 3.08 bits per heavy atom. The van der Waals surface area contributed by atoms with Gasteiger partial charge in [-0.3, -0.25) is 10.3 Å². The summed E-state index contributed by atoms with van der Waals surface area (Å²) in [6.45, 7) is 0. The fraction of sp³-hybridized carbons (Fsp3) is 0. The number of nitrogens with one attached hydrogen (secondary N) is 1. The molecule has 5 heteroatoms. The van der Waals surface area contributed by atoms with Crippen LogP contribution in [0.1, 0.15) is 0 Å². The van der Waals surface area contributed by atoms with Crippen molar-refractivity contribution in [3.05, 3.63) is 30.7 Å². The number of nitrogen functional groups attached to an aromatic ring is 1. The predicted octanol–water partition coefficient (Wildman–Crippen LogP) is 0.488. The lowest BCUT2D eigenvalue weighted by Gasteiger charge is -2.15. The van der Waals surface area contributed by atoms with E-state index in [1.54, 1.807) is 35.8 Å². The lowest BCUT2D eigenvalue weighted by atomic mass is 10.4. The molecule has 66 valence electrons. The van der Waals surface area contributed by atoms with Gasteiger partial charge in [0, 0.05) is 30.4 Å². The largest absolute Gasteiger partial charge is 0.399 e. The highest BCUT2D eigenvalue weighted by Gasteiger charge is 2.03. The summed E-state index contributed by atoms with van der Waals surface area (Å²) in [5, 5.41) is 3.85. The molecule has 0 saturated heterocycles. The van der Waals surface area contributed by atoms with Crippen LogP contribution in [0.3, 0.4) is 0 Å². The fourth-order valence-electron chi connectivity index (χ4n) is 1.00. The Labute approximate surface area is 75.6 Å². The molecular weight excluding hydrogens is 166 g/mol. The van der Waals surface area contributed by atoms with Crippen molar-refractivity contribution in [2.45, 2.75) is 0 Å². The standard InChI is InChI=1S/C8H9N5/c9-7-1-2-10-8(5-7)13-4-3-11-12-6-13/h1-6,11H,(H2,9,10). The van der Waals surface area contributed by atoms with Crippen LogP contribution in [0.25, 0.3) is 0 Å². The van der Waals surface area contributed by atoms with Gasteiger partial charge < -0.3 is 5.73 Å². The van der Waals surface area contributed by atoms with E-state index in [1.165, 1.54) is 0 Å². The van der Waals surface area contributed by atoms with Crippen LogP contribution in [0.4, 0.5) is 11.5 Å². The second kappa shape index (κ2) is 3.14. The zero-order chi connectivity index (χ0) is 9.10. The summed E-state index contributed by atoms with van der Waals surface area (Å²) < 4.78 is 0. The highest BCUT2D eigenvalue weighted by atomic mass is 15.4. The van der Waals surface area contributed by atoms with E-state index in [4.69, 9.17) is 5.73 Å². The highest BCUT2D eigenvalue weighted by molar-refractivity contribution is 5.81. The first-order chi connectivity index (χ1) is 6.36. The van der Waals surface area contributed by atoms with E-state index in [-0.39, 0.29) is 0 Å². The van der Waals surface area contributed by atoms with Crippen molar-refractivity contribution in [2.24, 2.45) is 5.10 Å². The van der Waals surface area contributed by atoms with Crippen molar-refractivity contribution >= 4 is 17.8 Å². The third-order valence-corrected chi connectivity index (χ3v) is 1.60. The molecule has 0 spiro atoms. The SMILES string of the molecule is Nc1ccnc(N2C=CNN=C2)c1. The summed E-state index contributed by atoms with van der Waals surface area (Å²) in [7, 11) is 0. The van der Waals surface area contributed by atoms with Gasteiger partial charge in [0.25, 0.3) is 0 Å². The second-order valence-electron chi connectivity index (χ2n) is 2.54. The molecule has 2 rings (SSSR count). The number of rotatable bonds is 1. The summed E-state index contributed by atoms with van der Waals surface area (Å²) in [5.74, 6) is 0.751. The Morgan fingerprint density at radius 1 is 1.46 bits per heavy atom. The first-order valence-corrected chi connectivity index (χ1v) is 3.81. The molecule has 0 fully saturated rings. The number of hydrogen-bond acceptors (Lipinski definition) is 5. The zero-order valence-corrected chi connectivity index (χ0v) is 6.88. The average Bonchev–Trinajstić information content (AvgIpc) is 2.19. The minimum absolute atomic E-state index is 0.685. The molecule has 0 bridgehead atoms. The van der Waals surface area contributed by atoms with Gasteiger partial charge in [0.15, 0.2) is 0 Å². The summed E-state index contributed by atoms with van der Waals surface area (Å²) in [5.41, 5.74) is 8.99. The van der Waals surface area contributed by atoms with Crippen LogP contribution in [0, 0.1) is 0 Å². The molecule has 1 aliphatic heterocycles. The van der Waals surface area contributed by atoms with Gasteiger partial charge in [-0.1, -0.05) is 0 Å². The van der Waals surface area contributed by atoms with Crippen LogP contribution in [0.15, 0.2) is 35.8 Å². The molecule has 0 atom stereocenters. The van der Waals surface area contributed by atoms with Gasteiger partial charge in [-0.2, -0.15) is 5.10 Å². The van der Waals surface area contributed by atoms with Gasteiger partial charge in [-0.05, 0) is 6.07 Å². The lowest BCUT2D eigenvalue weighted by Crippen LogP contribution is -2.20. The summed E-state index contributed by atoms with van der Waals surface area (Å²) in [6.07, 6.45) is 6.82. The van der Waals surface area contributed by atoms with Gasteiger partial charge in [-0.25, -0.2) is 4.98 Å². The molecule has 5 nitrogen and oxygen atoms in total.